The fraction of sp³-hybridized carbons (Fsp3) is 0.389. The Kier molecular flexibility index (Phi) is 7.46. The second-order valence-electron chi connectivity index (χ2n) is 5.50. The van der Waals surface area contributed by atoms with Crippen molar-refractivity contribution in [3.63, 3.8) is 0 Å². The van der Waals surface area contributed by atoms with Crippen molar-refractivity contribution in [2.24, 2.45) is 0 Å². The topological polar surface area (TPSA) is 55.8 Å². The quantitative estimate of drug-likeness (QED) is 0.298. The number of esters is 1. The van der Waals surface area contributed by atoms with Crippen LogP contribution in [-0.2, 0) is 14.3 Å². The van der Waals surface area contributed by atoms with Gasteiger partial charge in [0.15, 0.2) is 0 Å². The van der Waals surface area contributed by atoms with E-state index in [9.17, 15) is 9.59 Å². The molecule has 0 aliphatic carbocycles. The van der Waals surface area contributed by atoms with Crippen molar-refractivity contribution in [1.82, 2.24) is 4.90 Å². The van der Waals surface area contributed by atoms with Gasteiger partial charge >= 0.3 is 5.97 Å². The lowest BCUT2D eigenvalue weighted by molar-refractivity contribution is -0.140. The van der Waals surface area contributed by atoms with Crippen LogP contribution in [0.5, 0.6) is 5.75 Å². The Labute approximate surface area is 157 Å². The molecule has 1 aromatic carbocycles. The van der Waals surface area contributed by atoms with Crippen molar-refractivity contribution in [2.75, 3.05) is 20.8 Å². The first-order valence-corrected chi connectivity index (χ1v) is 9.24. The number of carbonyl (C=O) groups is 2. The average molecular weight is 380 g/mol. The Morgan fingerprint density at radius 3 is 2.80 bits per heavy atom. The van der Waals surface area contributed by atoms with Gasteiger partial charge < -0.3 is 9.47 Å². The van der Waals surface area contributed by atoms with E-state index in [1.54, 1.807) is 12.0 Å². The summed E-state index contributed by atoms with van der Waals surface area (Å²) in [6, 6.07) is 7.53. The van der Waals surface area contributed by atoms with Gasteiger partial charge in [-0.15, -0.1) is 0 Å². The van der Waals surface area contributed by atoms with E-state index in [-0.39, 0.29) is 11.9 Å². The minimum absolute atomic E-state index is 0.0641. The largest absolute Gasteiger partial charge is 0.497 e. The molecule has 0 aromatic heterocycles. The zero-order chi connectivity index (χ0) is 18.2. The van der Waals surface area contributed by atoms with Crippen molar-refractivity contribution in [3.8, 4) is 5.75 Å². The molecule has 2 rings (SSSR count). The number of amides is 1. The molecule has 1 aliphatic rings. The van der Waals surface area contributed by atoms with E-state index in [1.807, 2.05) is 30.3 Å². The first-order chi connectivity index (χ1) is 12.0. The number of hydrogen-bond acceptors (Lipinski definition) is 6. The molecule has 1 aliphatic heterocycles. The molecule has 0 N–H and O–H groups in total. The number of thioether (sulfide) groups is 1. The molecule has 0 atom stereocenters. The zero-order valence-corrected chi connectivity index (χ0v) is 16.0. The Bertz CT molecular complexity index is 687. The van der Waals surface area contributed by atoms with Crippen molar-refractivity contribution in [3.05, 3.63) is 34.7 Å². The number of unbranched alkanes of at least 4 members (excludes halogenated alkanes) is 2. The third kappa shape index (κ3) is 5.57. The first-order valence-electron chi connectivity index (χ1n) is 8.01. The molecule has 1 amide bonds. The van der Waals surface area contributed by atoms with Gasteiger partial charge in [0.25, 0.3) is 5.91 Å². The number of thiocarbonyl (C=S) groups is 1. The Hall–Kier alpha value is -1.86. The molecule has 1 heterocycles. The van der Waals surface area contributed by atoms with Crippen molar-refractivity contribution >= 4 is 46.3 Å². The highest BCUT2D eigenvalue weighted by Gasteiger charge is 2.31. The molecule has 0 saturated carbocycles. The number of benzene rings is 1. The van der Waals surface area contributed by atoms with Gasteiger partial charge in [0.1, 0.15) is 10.1 Å². The van der Waals surface area contributed by atoms with Gasteiger partial charge in [0.2, 0.25) is 0 Å². The number of carbonyl (C=O) groups excluding carboxylic acids is 2. The summed E-state index contributed by atoms with van der Waals surface area (Å²) in [4.78, 5) is 25.9. The van der Waals surface area contributed by atoms with Gasteiger partial charge in [-0.2, -0.15) is 0 Å². The van der Waals surface area contributed by atoms with E-state index in [1.165, 1.54) is 18.9 Å². The number of nitrogens with zero attached hydrogens (tertiary/aromatic N) is 1. The summed E-state index contributed by atoms with van der Waals surface area (Å²) in [5.74, 6) is 0.479. The van der Waals surface area contributed by atoms with Crippen LogP contribution in [0, 0.1) is 0 Å². The second kappa shape index (κ2) is 9.58. The normalized spacial score (nSPS) is 15.8. The maximum absolute atomic E-state index is 12.5. The van der Waals surface area contributed by atoms with Gasteiger partial charge in [-0.3, -0.25) is 14.5 Å². The molecule has 0 radical (unpaired) electrons. The Morgan fingerprint density at radius 1 is 1.28 bits per heavy atom. The van der Waals surface area contributed by atoms with Gasteiger partial charge in [0.05, 0.1) is 19.1 Å². The smallest absolute Gasteiger partial charge is 0.305 e. The number of hydrogen-bond donors (Lipinski definition) is 0. The monoisotopic (exact) mass is 379 g/mol. The molecule has 5 nitrogen and oxygen atoms in total. The molecule has 1 aromatic rings. The first kappa shape index (κ1) is 19.5. The molecule has 1 fully saturated rings. The van der Waals surface area contributed by atoms with E-state index in [0.29, 0.717) is 22.2 Å². The van der Waals surface area contributed by atoms with Crippen LogP contribution in [0.15, 0.2) is 29.2 Å². The molecular weight excluding hydrogens is 358 g/mol. The van der Waals surface area contributed by atoms with E-state index in [2.05, 4.69) is 4.74 Å². The van der Waals surface area contributed by atoms with Crippen LogP contribution in [0.4, 0.5) is 0 Å². The highest BCUT2D eigenvalue weighted by Crippen LogP contribution is 2.33. The van der Waals surface area contributed by atoms with Crippen LogP contribution < -0.4 is 4.74 Å². The zero-order valence-electron chi connectivity index (χ0n) is 14.3. The van der Waals surface area contributed by atoms with E-state index < -0.39 is 0 Å². The average Bonchev–Trinajstić information content (AvgIpc) is 2.88. The van der Waals surface area contributed by atoms with E-state index >= 15 is 0 Å². The van der Waals surface area contributed by atoms with E-state index in [0.717, 1.165) is 30.6 Å². The highest BCUT2D eigenvalue weighted by molar-refractivity contribution is 8.26. The number of methoxy groups -OCH3 is 2. The molecule has 134 valence electrons. The SMILES string of the molecule is COC(=O)CCCCCN1C(=O)/C(=C\c2cccc(OC)c2)SC1=S. The van der Waals surface area contributed by atoms with Crippen LogP contribution >= 0.6 is 24.0 Å². The lowest BCUT2D eigenvalue weighted by Gasteiger charge is -2.13. The van der Waals surface area contributed by atoms with Crippen LogP contribution in [-0.4, -0.2) is 41.9 Å². The molecule has 0 spiro atoms. The third-order valence-electron chi connectivity index (χ3n) is 3.76. The fourth-order valence-corrected chi connectivity index (χ4v) is 3.70. The lowest BCUT2D eigenvalue weighted by atomic mass is 10.2. The maximum Gasteiger partial charge on any atom is 0.305 e. The summed E-state index contributed by atoms with van der Waals surface area (Å²) < 4.78 is 10.4. The predicted molar refractivity (Wildman–Crippen MR) is 103 cm³/mol. The molecule has 0 unspecified atom stereocenters. The fourth-order valence-electron chi connectivity index (χ4n) is 2.39. The minimum atomic E-state index is -0.202. The minimum Gasteiger partial charge on any atom is -0.497 e. The van der Waals surface area contributed by atoms with Crippen molar-refractivity contribution in [1.29, 1.82) is 0 Å². The molecular formula is C18H21NO4S2. The second-order valence-corrected chi connectivity index (χ2v) is 7.17. The standard InChI is InChI=1S/C18H21NO4S2/c1-22-14-8-6-7-13(11-14)12-15-17(21)19(18(24)25-15)10-5-3-4-9-16(20)23-2/h6-8,11-12H,3-5,9-10H2,1-2H3/b15-12+. The third-order valence-corrected chi connectivity index (χ3v) is 5.13. The van der Waals surface area contributed by atoms with Crippen molar-refractivity contribution < 1.29 is 19.1 Å². The summed E-state index contributed by atoms with van der Waals surface area (Å²) in [5.41, 5.74) is 0.901. The highest BCUT2D eigenvalue weighted by atomic mass is 32.2. The van der Waals surface area contributed by atoms with Crippen molar-refractivity contribution in [2.45, 2.75) is 25.7 Å². The van der Waals surface area contributed by atoms with Crippen LogP contribution in [0.25, 0.3) is 6.08 Å². The predicted octanol–water partition coefficient (Wildman–Crippen LogP) is 3.63. The maximum atomic E-state index is 12.5. The summed E-state index contributed by atoms with van der Waals surface area (Å²) in [7, 11) is 3.00. The van der Waals surface area contributed by atoms with Gasteiger partial charge in [0, 0.05) is 13.0 Å². The molecule has 0 bridgehead atoms. The summed E-state index contributed by atoms with van der Waals surface area (Å²) >= 11 is 6.64. The van der Waals surface area contributed by atoms with Crippen LogP contribution in [0.2, 0.25) is 0 Å². The van der Waals surface area contributed by atoms with Crippen LogP contribution in [0.3, 0.4) is 0 Å². The van der Waals surface area contributed by atoms with Gasteiger partial charge in [-0.1, -0.05) is 42.5 Å². The number of rotatable bonds is 8. The Morgan fingerprint density at radius 2 is 2.08 bits per heavy atom. The van der Waals surface area contributed by atoms with E-state index in [4.69, 9.17) is 17.0 Å². The summed E-state index contributed by atoms with van der Waals surface area (Å²) in [5, 5.41) is 0. The molecule has 7 heteroatoms. The Balaban J connectivity index is 1.90. The van der Waals surface area contributed by atoms with Gasteiger partial charge in [-0.05, 0) is 36.6 Å². The summed E-state index contributed by atoms with van der Waals surface area (Å²) in [6.45, 7) is 0.571. The summed E-state index contributed by atoms with van der Waals surface area (Å²) in [6.07, 6.45) is 4.64. The lowest BCUT2D eigenvalue weighted by Crippen LogP contribution is -2.29. The number of ether oxygens (including phenoxy) is 2. The molecule has 25 heavy (non-hydrogen) atoms. The van der Waals surface area contributed by atoms with Gasteiger partial charge in [-0.25, -0.2) is 0 Å². The van der Waals surface area contributed by atoms with Crippen LogP contribution in [0.1, 0.15) is 31.2 Å². The molecule has 1 saturated heterocycles.